The standard InChI is InChI=1S/C12H16Cl2FNO2S/c1-2-3-7-16(8-6-13)19(17,18)12-9-10(15)4-5-11(12)14/h4-5,9H,2-3,6-8H2,1H3. The molecule has 0 saturated carbocycles. The number of hydrogen-bond donors (Lipinski definition) is 0. The van der Waals surface area contributed by atoms with Crippen molar-refractivity contribution in [1.82, 2.24) is 4.31 Å². The number of unbranched alkanes of at least 4 members (excludes halogenated alkanes) is 1. The molecule has 1 rings (SSSR count). The van der Waals surface area contributed by atoms with Crippen molar-refractivity contribution < 1.29 is 12.8 Å². The molecule has 0 aliphatic heterocycles. The van der Waals surface area contributed by atoms with Gasteiger partial charge in [0.25, 0.3) is 0 Å². The number of hydrogen-bond acceptors (Lipinski definition) is 2. The third-order valence-corrected chi connectivity index (χ3v) is 5.16. The van der Waals surface area contributed by atoms with Crippen LogP contribution < -0.4 is 0 Å². The predicted molar refractivity (Wildman–Crippen MR) is 75.8 cm³/mol. The Bertz CT molecular complexity index is 522. The van der Waals surface area contributed by atoms with Gasteiger partial charge in [0.15, 0.2) is 0 Å². The maximum atomic E-state index is 13.2. The molecule has 0 radical (unpaired) electrons. The third-order valence-electron chi connectivity index (χ3n) is 2.61. The molecule has 108 valence electrons. The molecule has 0 aliphatic carbocycles. The van der Waals surface area contributed by atoms with Crippen LogP contribution in [-0.2, 0) is 10.0 Å². The van der Waals surface area contributed by atoms with Gasteiger partial charge >= 0.3 is 0 Å². The fourth-order valence-corrected chi connectivity index (χ4v) is 3.86. The normalized spacial score (nSPS) is 12.1. The number of benzene rings is 1. The van der Waals surface area contributed by atoms with Crippen LogP contribution in [0.5, 0.6) is 0 Å². The van der Waals surface area contributed by atoms with Crippen LogP contribution in [0, 0.1) is 5.82 Å². The summed E-state index contributed by atoms with van der Waals surface area (Å²) in [6.45, 7) is 2.48. The average molecular weight is 328 g/mol. The van der Waals surface area contributed by atoms with E-state index in [1.807, 2.05) is 6.92 Å². The first-order valence-corrected chi connectivity index (χ1v) is 8.30. The molecule has 0 bridgehead atoms. The Morgan fingerprint density at radius 2 is 2.00 bits per heavy atom. The molecule has 0 atom stereocenters. The molecule has 0 N–H and O–H groups in total. The van der Waals surface area contributed by atoms with Gasteiger partial charge in [-0.15, -0.1) is 11.6 Å². The van der Waals surface area contributed by atoms with Crippen molar-refractivity contribution in [2.75, 3.05) is 19.0 Å². The predicted octanol–water partition coefficient (Wildman–Crippen LogP) is 3.51. The molecule has 1 aromatic carbocycles. The molecule has 3 nitrogen and oxygen atoms in total. The lowest BCUT2D eigenvalue weighted by atomic mass is 10.3. The first-order valence-electron chi connectivity index (χ1n) is 5.94. The quantitative estimate of drug-likeness (QED) is 0.718. The van der Waals surface area contributed by atoms with Gasteiger partial charge in [0.05, 0.1) is 5.02 Å². The molecule has 0 saturated heterocycles. The molecule has 0 fully saturated rings. The number of rotatable bonds is 7. The summed E-state index contributed by atoms with van der Waals surface area (Å²) in [4.78, 5) is -0.213. The Morgan fingerprint density at radius 3 is 2.58 bits per heavy atom. The molecule has 19 heavy (non-hydrogen) atoms. The van der Waals surface area contributed by atoms with Gasteiger partial charge in [0.1, 0.15) is 10.7 Å². The van der Waals surface area contributed by atoms with E-state index >= 15 is 0 Å². The van der Waals surface area contributed by atoms with Gasteiger partial charge in [-0.2, -0.15) is 4.31 Å². The largest absolute Gasteiger partial charge is 0.244 e. The Hall–Kier alpha value is -0.360. The van der Waals surface area contributed by atoms with E-state index < -0.39 is 15.8 Å². The highest BCUT2D eigenvalue weighted by atomic mass is 35.5. The molecule has 0 aromatic heterocycles. The maximum absolute atomic E-state index is 13.2. The zero-order valence-corrected chi connectivity index (χ0v) is 12.9. The van der Waals surface area contributed by atoms with E-state index in [4.69, 9.17) is 23.2 Å². The summed E-state index contributed by atoms with van der Waals surface area (Å²) in [5.41, 5.74) is 0. The van der Waals surface area contributed by atoms with E-state index in [0.717, 1.165) is 18.6 Å². The van der Waals surface area contributed by atoms with Gasteiger partial charge < -0.3 is 0 Å². The Morgan fingerprint density at radius 1 is 1.32 bits per heavy atom. The molecular weight excluding hydrogens is 312 g/mol. The second kappa shape index (κ2) is 7.43. The highest BCUT2D eigenvalue weighted by Crippen LogP contribution is 2.25. The minimum Gasteiger partial charge on any atom is -0.207 e. The second-order valence-corrected chi connectivity index (χ2v) is 6.71. The number of halogens is 3. The van der Waals surface area contributed by atoms with Crippen molar-refractivity contribution >= 4 is 33.2 Å². The van der Waals surface area contributed by atoms with E-state index in [-0.39, 0.29) is 22.3 Å². The van der Waals surface area contributed by atoms with E-state index in [9.17, 15) is 12.8 Å². The summed E-state index contributed by atoms with van der Waals surface area (Å²) >= 11 is 11.5. The molecule has 1 aromatic rings. The first-order chi connectivity index (χ1) is 8.93. The van der Waals surface area contributed by atoms with E-state index in [1.165, 1.54) is 10.4 Å². The van der Waals surface area contributed by atoms with Crippen LogP contribution in [0.25, 0.3) is 0 Å². The van der Waals surface area contributed by atoms with Crippen LogP contribution in [0.15, 0.2) is 23.1 Å². The number of nitrogens with zero attached hydrogens (tertiary/aromatic N) is 1. The van der Waals surface area contributed by atoms with E-state index in [1.54, 1.807) is 0 Å². The lowest BCUT2D eigenvalue weighted by Crippen LogP contribution is -2.34. The van der Waals surface area contributed by atoms with Crippen LogP contribution in [0.4, 0.5) is 4.39 Å². The Kier molecular flexibility index (Phi) is 6.53. The fraction of sp³-hybridized carbons (Fsp3) is 0.500. The Balaban J connectivity index is 3.14. The summed E-state index contributed by atoms with van der Waals surface area (Å²) in [5.74, 6) is -0.458. The van der Waals surface area contributed by atoms with Gasteiger partial charge in [0.2, 0.25) is 10.0 Å². The zero-order chi connectivity index (χ0) is 14.5. The van der Waals surface area contributed by atoms with Gasteiger partial charge in [0, 0.05) is 19.0 Å². The SMILES string of the molecule is CCCCN(CCCl)S(=O)(=O)c1cc(F)ccc1Cl. The van der Waals surface area contributed by atoms with Gasteiger partial charge in [-0.05, 0) is 24.6 Å². The van der Waals surface area contributed by atoms with Gasteiger partial charge in [-0.25, -0.2) is 12.8 Å². The van der Waals surface area contributed by atoms with Crippen LogP contribution >= 0.6 is 23.2 Å². The first kappa shape index (κ1) is 16.7. The van der Waals surface area contributed by atoms with Crippen LogP contribution in [0.3, 0.4) is 0 Å². The monoisotopic (exact) mass is 327 g/mol. The van der Waals surface area contributed by atoms with Crippen molar-refractivity contribution in [3.63, 3.8) is 0 Å². The van der Waals surface area contributed by atoms with Crippen molar-refractivity contribution in [2.24, 2.45) is 0 Å². The highest BCUT2D eigenvalue weighted by Gasteiger charge is 2.26. The molecule has 0 unspecified atom stereocenters. The maximum Gasteiger partial charge on any atom is 0.244 e. The number of sulfonamides is 1. The molecule has 7 heteroatoms. The summed E-state index contributed by atoms with van der Waals surface area (Å²) in [5, 5.41) is 0.0115. The lowest BCUT2D eigenvalue weighted by Gasteiger charge is -2.21. The molecule has 0 aliphatic rings. The zero-order valence-electron chi connectivity index (χ0n) is 10.6. The van der Waals surface area contributed by atoms with Crippen molar-refractivity contribution in [3.8, 4) is 0 Å². The van der Waals surface area contributed by atoms with Crippen LogP contribution in [-0.4, -0.2) is 31.7 Å². The van der Waals surface area contributed by atoms with Crippen molar-refractivity contribution in [1.29, 1.82) is 0 Å². The highest BCUT2D eigenvalue weighted by molar-refractivity contribution is 7.89. The van der Waals surface area contributed by atoms with Crippen molar-refractivity contribution in [2.45, 2.75) is 24.7 Å². The average Bonchev–Trinajstić information content (AvgIpc) is 2.37. The van der Waals surface area contributed by atoms with E-state index in [2.05, 4.69) is 0 Å². The lowest BCUT2D eigenvalue weighted by molar-refractivity contribution is 0.420. The van der Waals surface area contributed by atoms with Crippen LogP contribution in [0.1, 0.15) is 19.8 Å². The molecule has 0 heterocycles. The summed E-state index contributed by atoms with van der Waals surface area (Å²) in [7, 11) is -3.81. The van der Waals surface area contributed by atoms with Crippen LogP contribution in [0.2, 0.25) is 5.02 Å². The minimum atomic E-state index is -3.81. The number of alkyl halides is 1. The summed E-state index contributed by atoms with van der Waals surface area (Å²) < 4.78 is 39.3. The van der Waals surface area contributed by atoms with E-state index in [0.29, 0.717) is 13.0 Å². The molecular formula is C12H16Cl2FNO2S. The van der Waals surface area contributed by atoms with Crippen molar-refractivity contribution in [3.05, 3.63) is 29.0 Å². The Labute approximate surface area is 123 Å². The topological polar surface area (TPSA) is 37.4 Å². The minimum absolute atomic E-state index is 0.0115. The fourth-order valence-electron chi connectivity index (χ4n) is 1.59. The molecule has 0 spiro atoms. The van der Waals surface area contributed by atoms with Gasteiger partial charge in [-0.3, -0.25) is 0 Å². The smallest absolute Gasteiger partial charge is 0.207 e. The summed E-state index contributed by atoms with van der Waals surface area (Å²) in [6.07, 6.45) is 1.56. The van der Waals surface area contributed by atoms with Gasteiger partial charge in [-0.1, -0.05) is 24.9 Å². The molecule has 0 amide bonds. The third kappa shape index (κ3) is 4.31. The summed E-state index contributed by atoms with van der Waals surface area (Å²) in [6, 6.07) is 3.30. The second-order valence-electron chi connectivity index (χ2n) is 4.02.